The van der Waals surface area contributed by atoms with Gasteiger partial charge in [-0.25, -0.2) is 12.8 Å². The Bertz CT molecular complexity index is 909. The van der Waals surface area contributed by atoms with E-state index in [1.165, 1.54) is 25.2 Å². The summed E-state index contributed by atoms with van der Waals surface area (Å²) in [7, 11) is -2.08. The number of halogens is 1. The molecular formula is C19H23FN2O3S. The monoisotopic (exact) mass is 378 g/mol. The van der Waals surface area contributed by atoms with E-state index in [0.29, 0.717) is 11.3 Å². The molecule has 0 aliphatic carbocycles. The lowest BCUT2D eigenvalue weighted by Crippen LogP contribution is -2.33. The lowest BCUT2D eigenvalue weighted by molar-refractivity contribution is 0.0999. The molecule has 140 valence electrons. The van der Waals surface area contributed by atoms with Crippen molar-refractivity contribution in [3.8, 4) is 0 Å². The Hall–Kier alpha value is -2.41. The zero-order valence-corrected chi connectivity index (χ0v) is 16.0. The predicted molar refractivity (Wildman–Crippen MR) is 101 cm³/mol. The van der Waals surface area contributed by atoms with Crippen molar-refractivity contribution >= 4 is 21.6 Å². The van der Waals surface area contributed by atoms with E-state index in [0.717, 1.165) is 9.87 Å². The number of rotatable bonds is 6. The van der Waals surface area contributed by atoms with Crippen LogP contribution in [0.1, 0.15) is 48.2 Å². The van der Waals surface area contributed by atoms with Crippen molar-refractivity contribution in [2.45, 2.75) is 31.9 Å². The number of hydrogen-bond acceptors (Lipinski definition) is 3. The number of carbonyl (C=O) groups excluding carboxylic acids is 1. The summed E-state index contributed by atoms with van der Waals surface area (Å²) in [5.41, 5.74) is 7.61. The number of nitrogens with two attached hydrogens (primary N) is 1. The smallest absolute Gasteiger partial charge is 0.249 e. The zero-order valence-electron chi connectivity index (χ0n) is 15.2. The maximum atomic E-state index is 13.1. The average Bonchev–Trinajstić information content (AvgIpc) is 2.60. The summed E-state index contributed by atoms with van der Waals surface area (Å²) in [5, 5.41) is -0.595. The molecule has 0 radical (unpaired) electrons. The van der Waals surface area contributed by atoms with Gasteiger partial charge < -0.3 is 5.73 Å². The van der Waals surface area contributed by atoms with Gasteiger partial charge in [0.05, 0.1) is 10.9 Å². The van der Waals surface area contributed by atoms with Crippen LogP contribution >= 0.6 is 0 Å². The predicted octanol–water partition coefficient (Wildman–Crippen LogP) is 3.25. The largest absolute Gasteiger partial charge is 0.366 e. The van der Waals surface area contributed by atoms with E-state index in [1.54, 1.807) is 38.1 Å². The molecule has 1 atom stereocenters. The number of amides is 1. The maximum absolute atomic E-state index is 13.1. The first-order valence-electron chi connectivity index (χ1n) is 8.22. The molecule has 5 nitrogen and oxygen atoms in total. The second-order valence-corrected chi connectivity index (χ2v) is 8.99. The first kappa shape index (κ1) is 19.9. The number of carbonyl (C=O) groups is 1. The van der Waals surface area contributed by atoms with Gasteiger partial charge in [0.15, 0.2) is 0 Å². The molecule has 0 aliphatic heterocycles. The van der Waals surface area contributed by atoms with E-state index in [4.69, 9.17) is 5.73 Å². The fourth-order valence-corrected chi connectivity index (χ4v) is 3.77. The van der Waals surface area contributed by atoms with Gasteiger partial charge in [0.2, 0.25) is 15.9 Å². The highest BCUT2D eigenvalue weighted by atomic mass is 32.2. The van der Waals surface area contributed by atoms with Crippen molar-refractivity contribution in [2.75, 3.05) is 11.4 Å². The Morgan fingerprint density at radius 2 is 1.65 bits per heavy atom. The van der Waals surface area contributed by atoms with Crippen LogP contribution in [-0.2, 0) is 10.0 Å². The summed E-state index contributed by atoms with van der Waals surface area (Å²) in [6.07, 6.45) is 0. The summed E-state index contributed by atoms with van der Waals surface area (Å²) < 4.78 is 39.0. The van der Waals surface area contributed by atoms with Crippen LogP contribution in [0.15, 0.2) is 42.5 Å². The second kappa shape index (κ2) is 7.45. The summed E-state index contributed by atoms with van der Waals surface area (Å²) in [5.74, 6) is -1.20. The molecule has 26 heavy (non-hydrogen) atoms. The molecule has 0 saturated carbocycles. The molecule has 0 spiro atoms. The molecule has 0 aliphatic rings. The van der Waals surface area contributed by atoms with Gasteiger partial charge in [-0.15, -0.1) is 0 Å². The highest BCUT2D eigenvalue weighted by Crippen LogP contribution is 2.30. The first-order chi connectivity index (χ1) is 12.1. The molecule has 7 heteroatoms. The Balaban J connectivity index is 2.50. The van der Waals surface area contributed by atoms with Gasteiger partial charge >= 0.3 is 0 Å². The Labute approximate surface area is 153 Å². The number of primary amides is 1. The first-order valence-corrected chi connectivity index (χ1v) is 9.73. The van der Waals surface area contributed by atoms with Crippen molar-refractivity contribution in [2.24, 2.45) is 5.73 Å². The van der Waals surface area contributed by atoms with Crippen LogP contribution in [0.25, 0.3) is 0 Å². The molecule has 2 aromatic carbocycles. The van der Waals surface area contributed by atoms with E-state index in [2.05, 4.69) is 0 Å². The lowest BCUT2D eigenvalue weighted by atomic mass is 9.89. The molecule has 0 aromatic heterocycles. The third-order valence-corrected chi connectivity index (χ3v) is 6.65. The molecule has 0 saturated heterocycles. The van der Waals surface area contributed by atoms with E-state index in [9.17, 15) is 17.6 Å². The summed E-state index contributed by atoms with van der Waals surface area (Å²) in [4.78, 5) is 12.0. The number of nitrogens with zero attached hydrogens (tertiary/aromatic N) is 1. The number of sulfonamides is 1. The maximum Gasteiger partial charge on any atom is 0.249 e. The van der Waals surface area contributed by atoms with Gasteiger partial charge in [0.25, 0.3) is 0 Å². The topological polar surface area (TPSA) is 80.5 Å². The Morgan fingerprint density at radius 3 is 2.15 bits per heavy atom. The molecule has 2 aromatic rings. The van der Waals surface area contributed by atoms with Gasteiger partial charge in [-0.05, 0) is 49.2 Å². The molecule has 0 heterocycles. The van der Waals surface area contributed by atoms with Crippen LogP contribution in [0.4, 0.5) is 10.1 Å². The molecule has 2 rings (SSSR count). The van der Waals surface area contributed by atoms with Crippen molar-refractivity contribution in [1.29, 1.82) is 0 Å². The molecule has 1 amide bonds. The fraction of sp³-hybridized carbons (Fsp3) is 0.316. The third-order valence-electron chi connectivity index (χ3n) is 4.48. The summed E-state index contributed by atoms with van der Waals surface area (Å²) in [6.45, 7) is 5.06. The van der Waals surface area contributed by atoms with Crippen LogP contribution in [0.2, 0.25) is 0 Å². The number of anilines is 1. The molecule has 2 N–H and O–H groups in total. The minimum absolute atomic E-state index is 0.209. The van der Waals surface area contributed by atoms with Gasteiger partial charge in [-0.1, -0.05) is 25.1 Å². The van der Waals surface area contributed by atoms with Crippen LogP contribution in [0.5, 0.6) is 0 Å². The Kier molecular flexibility index (Phi) is 5.71. The van der Waals surface area contributed by atoms with Crippen LogP contribution in [0, 0.1) is 5.82 Å². The van der Waals surface area contributed by atoms with Gasteiger partial charge in [0, 0.05) is 18.5 Å². The third kappa shape index (κ3) is 3.88. The van der Waals surface area contributed by atoms with Crippen molar-refractivity contribution in [3.63, 3.8) is 0 Å². The zero-order chi connectivity index (χ0) is 19.6. The SMILES string of the molecule is CC(C)S(=O)(=O)N(C)c1ccc([C@H](C)c2ccc(F)cc2)c(C(N)=O)c1. The lowest BCUT2D eigenvalue weighted by Gasteiger charge is -2.24. The molecular weight excluding hydrogens is 355 g/mol. The van der Waals surface area contributed by atoms with E-state index < -0.39 is 21.2 Å². The average molecular weight is 378 g/mol. The quantitative estimate of drug-likeness (QED) is 0.838. The summed E-state index contributed by atoms with van der Waals surface area (Å²) >= 11 is 0. The minimum atomic E-state index is -3.52. The van der Waals surface area contributed by atoms with Gasteiger partial charge in [-0.2, -0.15) is 0 Å². The van der Waals surface area contributed by atoms with Crippen molar-refractivity contribution in [3.05, 3.63) is 65.0 Å². The van der Waals surface area contributed by atoms with E-state index in [-0.39, 0.29) is 17.3 Å². The highest BCUT2D eigenvalue weighted by Gasteiger charge is 2.24. The molecule has 0 fully saturated rings. The van der Waals surface area contributed by atoms with Crippen LogP contribution in [0.3, 0.4) is 0 Å². The standard InChI is InChI=1S/C19H23FN2O3S/c1-12(2)26(24,25)22(4)16-9-10-17(18(11-16)19(21)23)13(3)14-5-7-15(20)8-6-14/h5-13H,1-4H3,(H2,21,23)/t13-/m1/s1. The van der Waals surface area contributed by atoms with Crippen LogP contribution in [-0.4, -0.2) is 26.6 Å². The van der Waals surface area contributed by atoms with Crippen molar-refractivity contribution in [1.82, 2.24) is 0 Å². The van der Waals surface area contributed by atoms with E-state index >= 15 is 0 Å². The van der Waals surface area contributed by atoms with Crippen LogP contribution < -0.4 is 10.0 Å². The fourth-order valence-electron chi connectivity index (χ4n) is 2.73. The Morgan fingerprint density at radius 1 is 1.08 bits per heavy atom. The molecule has 0 unspecified atom stereocenters. The number of benzene rings is 2. The number of hydrogen-bond donors (Lipinski definition) is 1. The minimum Gasteiger partial charge on any atom is -0.366 e. The summed E-state index contributed by atoms with van der Waals surface area (Å²) in [6, 6.07) is 10.8. The van der Waals surface area contributed by atoms with E-state index in [1.807, 2.05) is 6.92 Å². The highest BCUT2D eigenvalue weighted by molar-refractivity contribution is 7.93. The van der Waals surface area contributed by atoms with Crippen molar-refractivity contribution < 1.29 is 17.6 Å². The normalized spacial score (nSPS) is 12.8. The van der Waals surface area contributed by atoms with Gasteiger partial charge in [0.1, 0.15) is 5.82 Å². The molecule has 0 bridgehead atoms. The second-order valence-electron chi connectivity index (χ2n) is 6.47. The van der Waals surface area contributed by atoms with Gasteiger partial charge in [-0.3, -0.25) is 9.10 Å².